The van der Waals surface area contributed by atoms with E-state index >= 15 is 0 Å². The number of H-pyrrole nitrogens is 1. The summed E-state index contributed by atoms with van der Waals surface area (Å²) in [4.78, 5) is 9.04. The number of halogens is 1. The van der Waals surface area contributed by atoms with Crippen molar-refractivity contribution in [3.05, 3.63) is 88.8 Å². The molecule has 5 aromatic rings. The molecule has 9 heteroatoms. The van der Waals surface area contributed by atoms with E-state index in [1.54, 1.807) is 11.3 Å². The summed E-state index contributed by atoms with van der Waals surface area (Å²) in [5.74, 6) is 1.93. The van der Waals surface area contributed by atoms with Gasteiger partial charge in [-0.15, -0.1) is 16.4 Å². The predicted molar refractivity (Wildman–Crippen MR) is 145 cm³/mol. The molecule has 0 atom stereocenters. The molecule has 176 valence electrons. The molecule has 1 aliphatic heterocycles. The number of para-hydroxylation sites is 1. The topological polar surface area (TPSA) is 43.4 Å². The van der Waals surface area contributed by atoms with Crippen LogP contribution in [0.25, 0.3) is 26.5 Å². The molecular weight excluding hydrogens is 496 g/mol. The van der Waals surface area contributed by atoms with E-state index < -0.39 is 0 Å². The standard InChI is InChI=1S/C26H23ClN6S2/c27-23-20-10-4-5-11-21(20)35-24(23)25-29-32(26(34)33(25)19-8-2-1-3-9-19)18-30-14-16-31(17-15-30)22-12-6-7-13-28-22/h1-13H,14-18H2/p+1. The highest BCUT2D eigenvalue weighted by Crippen LogP contribution is 2.42. The number of nitrogens with zero attached hydrogens (tertiary/aromatic N) is 5. The van der Waals surface area contributed by atoms with E-state index in [1.165, 1.54) is 0 Å². The highest BCUT2D eigenvalue weighted by atomic mass is 35.5. The van der Waals surface area contributed by atoms with E-state index in [1.807, 2.05) is 51.8 Å². The van der Waals surface area contributed by atoms with Crippen LogP contribution >= 0.6 is 35.2 Å². The molecule has 3 aromatic heterocycles. The minimum Gasteiger partial charge on any atom is -0.276 e. The van der Waals surface area contributed by atoms with Crippen molar-refractivity contribution in [2.24, 2.45) is 0 Å². The zero-order valence-corrected chi connectivity index (χ0v) is 21.4. The summed E-state index contributed by atoms with van der Waals surface area (Å²) in [6, 6.07) is 24.5. The lowest BCUT2D eigenvalue weighted by Gasteiger charge is -2.30. The third-order valence-corrected chi connectivity index (χ3v) is 8.40. The van der Waals surface area contributed by atoms with Gasteiger partial charge in [-0.05, 0) is 36.5 Å². The number of hydrogen-bond donors (Lipinski definition) is 0. The molecule has 6 nitrogen and oxygen atoms in total. The molecule has 0 radical (unpaired) electrons. The fraction of sp³-hybridized carbons (Fsp3) is 0.192. The predicted octanol–water partition coefficient (Wildman–Crippen LogP) is 5.53. The van der Waals surface area contributed by atoms with Crippen molar-refractivity contribution in [2.45, 2.75) is 6.67 Å². The number of rotatable bonds is 5. The molecule has 0 aliphatic carbocycles. The van der Waals surface area contributed by atoms with Crippen LogP contribution in [0.15, 0.2) is 79.0 Å². The molecule has 1 aliphatic rings. The molecule has 0 amide bonds. The number of anilines is 1. The Morgan fingerprint density at radius 3 is 2.40 bits per heavy atom. The Kier molecular flexibility index (Phi) is 6.12. The van der Waals surface area contributed by atoms with Crippen LogP contribution in [-0.2, 0) is 6.67 Å². The van der Waals surface area contributed by atoms with Crippen molar-refractivity contribution >= 4 is 51.1 Å². The second kappa shape index (κ2) is 9.54. The van der Waals surface area contributed by atoms with Gasteiger partial charge in [-0.25, -0.2) is 9.67 Å². The minimum atomic E-state index is 0.639. The van der Waals surface area contributed by atoms with E-state index in [0.29, 0.717) is 11.4 Å². The average Bonchev–Trinajstić information content (AvgIpc) is 3.42. The van der Waals surface area contributed by atoms with Crippen molar-refractivity contribution < 1.29 is 4.98 Å². The number of thiophene rings is 1. The lowest BCUT2D eigenvalue weighted by Crippen LogP contribution is -2.48. The van der Waals surface area contributed by atoms with Crippen LogP contribution in [0.1, 0.15) is 0 Å². The number of piperazine rings is 1. The second-order valence-corrected chi connectivity index (χ2v) is 10.3. The highest BCUT2D eigenvalue weighted by molar-refractivity contribution is 7.71. The van der Waals surface area contributed by atoms with E-state index in [4.69, 9.17) is 28.9 Å². The number of aromatic nitrogens is 4. The summed E-state index contributed by atoms with van der Waals surface area (Å²) in [5.41, 5.74) is 0.983. The average molecular weight is 520 g/mol. The summed E-state index contributed by atoms with van der Waals surface area (Å²) < 4.78 is 5.78. The fourth-order valence-electron chi connectivity index (χ4n) is 4.51. The van der Waals surface area contributed by atoms with Gasteiger partial charge < -0.3 is 0 Å². The molecule has 0 unspecified atom stereocenters. The van der Waals surface area contributed by atoms with Gasteiger partial charge in [0.1, 0.15) is 0 Å². The number of hydrogen-bond acceptors (Lipinski definition) is 5. The third-order valence-electron chi connectivity index (χ3n) is 6.33. The van der Waals surface area contributed by atoms with Crippen LogP contribution in [0.3, 0.4) is 0 Å². The number of fused-ring (bicyclic) bond motifs is 1. The van der Waals surface area contributed by atoms with Gasteiger partial charge in [0, 0.05) is 29.2 Å². The Hall–Kier alpha value is -3.04. The monoisotopic (exact) mass is 519 g/mol. The van der Waals surface area contributed by atoms with Gasteiger partial charge in [0.25, 0.3) is 5.82 Å². The highest BCUT2D eigenvalue weighted by Gasteiger charge is 2.25. The number of pyridine rings is 1. The summed E-state index contributed by atoms with van der Waals surface area (Å²) in [5, 5.41) is 6.79. The SMILES string of the molecule is S=c1n(CN2CCN(c3cccc[nH+]3)CC2)nc(-c2sc3ccccc3c2Cl)n1-c1ccccc1. The maximum atomic E-state index is 6.87. The molecule has 1 saturated heterocycles. The van der Waals surface area contributed by atoms with Crippen molar-refractivity contribution in [2.75, 3.05) is 31.1 Å². The summed E-state index contributed by atoms with van der Waals surface area (Å²) in [6.07, 6.45) is 1.97. The van der Waals surface area contributed by atoms with Crippen LogP contribution in [-0.4, -0.2) is 45.4 Å². The van der Waals surface area contributed by atoms with Crippen LogP contribution in [0, 0.1) is 4.77 Å². The zero-order chi connectivity index (χ0) is 23.8. The largest absolute Gasteiger partial charge is 0.276 e. The number of aromatic amines is 1. The van der Waals surface area contributed by atoms with Crippen molar-refractivity contribution in [3.63, 3.8) is 0 Å². The van der Waals surface area contributed by atoms with Crippen molar-refractivity contribution in [1.82, 2.24) is 19.2 Å². The second-order valence-electron chi connectivity index (χ2n) is 8.51. The molecule has 1 fully saturated rings. The van der Waals surface area contributed by atoms with E-state index in [9.17, 15) is 0 Å². The first-order valence-corrected chi connectivity index (χ1v) is 13.2. The van der Waals surface area contributed by atoms with Gasteiger partial charge in [0.15, 0.2) is 5.82 Å². The van der Waals surface area contributed by atoms with Crippen LogP contribution in [0.4, 0.5) is 5.82 Å². The Labute approximate surface area is 217 Å². The zero-order valence-electron chi connectivity index (χ0n) is 19.0. The fourth-order valence-corrected chi connectivity index (χ4v) is 6.30. The Morgan fingerprint density at radius 1 is 0.914 bits per heavy atom. The normalized spacial score (nSPS) is 14.6. The molecule has 0 saturated carbocycles. The summed E-state index contributed by atoms with van der Waals surface area (Å²) in [6.45, 7) is 4.40. The maximum Gasteiger partial charge on any atom is 0.274 e. The Balaban J connectivity index is 1.34. The minimum absolute atomic E-state index is 0.639. The molecule has 0 bridgehead atoms. The van der Waals surface area contributed by atoms with E-state index in [2.05, 4.69) is 51.2 Å². The van der Waals surface area contributed by atoms with E-state index in [-0.39, 0.29) is 0 Å². The quantitative estimate of drug-likeness (QED) is 0.286. The van der Waals surface area contributed by atoms with Crippen molar-refractivity contribution in [3.8, 4) is 16.4 Å². The molecular formula is C26H24ClN6S2+. The van der Waals surface area contributed by atoms with Gasteiger partial charge in [0.2, 0.25) is 4.77 Å². The first-order chi connectivity index (χ1) is 17.2. The van der Waals surface area contributed by atoms with E-state index in [0.717, 1.165) is 63.5 Å². The van der Waals surface area contributed by atoms with Gasteiger partial charge in [-0.3, -0.25) is 14.4 Å². The maximum absolute atomic E-state index is 6.87. The smallest absolute Gasteiger partial charge is 0.274 e. The van der Waals surface area contributed by atoms with Gasteiger partial charge in [-0.2, -0.15) is 0 Å². The first kappa shape index (κ1) is 22.4. The van der Waals surface area contributed by atoms with Crippen LogP contribution in [0.2, 0.25) is 5.02 Å². The lowest BCUT2D eigenvalue weighted by molar-refractivity contribution is -0.364. The molecule has 35 heavy (non-hydrogen) atoms. The number of nitrogens with one attached hydrogen (secondary N) is 1. The summed E-state index contributed by atoms with van der Waals surface area (Å²) in [7, 11) is 0. The Morgan fingerprint density at radius 2 is 1.66 bits per heavy atom. The molecule has 2 aromatic carbocycles. The van der Waals surface area contributed by atoms with Crippen molar-refractivity contribution in [1.29, 1.82) is 0 Å². The first-order valence-electron chi connectivity index (χ1n) is 11.6. The molecule has 1 N–H and O–H groups in total. The van der Waals surface area contributed by atoms with Crippen LogP contribution in [0.5, 0.6) is 0 Å². The lowest BCUT2D eigenvalue weighted by atomic mass is 10.2. The molecule has 0 spiro atoms. The number of benzene rings is 2. The van der Waals surface area contributed by atoms with Gasteiger partial charge in [0.05, 0.1) is 41.5 Å². The third kappa shape index (κ3) is 4.27. The van der Waals surface area contributed by atoms with Crippen LogP contribution < -0.4 is 9.88 Å². The Bertz CT molecular complexity index is 1520. The molecule has 4 heterocycles. The van der Waals surface area contributed by atoms with Gasteiger partial charge in [-0.1, -0.05) is 54.1 Å². The van der Waals surface area contributed by atoms with Gasteiger partial charge >= 0.3 is 0 Å². The molecule has 6 rings (SSSR count). The summed E-state index contributed by atoms with van der Waals surface area (Å²) >= 11 is 14.5.